The molecule has 1 atom stereocenters. The molecule has 0 aliphatic rings. The van der Waals surface area contributed by atoms with E-state index in [2.05, 4.69) is 38.2 Å². The van der Waals surface area contributed by atoms with Gasteiger partial charge in [0.15, 0.2) is 0 Å². The van der Waals surface area contributed by atoms with E-state index < -0.39 is 0 Å². The number of rotatable bonds is 8. The Morgan fingerprint density at radius 1 is 1.11 bits per heavy atom. The molecule has 0 bridgehead atoms. The summed E-state index contributed by atoms with van der Waals surface area (Å²) in [4.78, 5) is 0. The quantitative estimate of drug-likeness (QED) is 0.709. The van der Waals surface area contributed by atoms with Crippen molar-refractivity contribution in [1.29, 1.82) is 0 Å². The molecule has 1 unspecified atom stereocenters. The Balaban J connectivity index is 2.56. The van der Waals surface area contributed by atoms with E-state index in [1.165, 1.54) is 24.8 Å². The smallest absolute Gasteiger partial charge is 0.0406 e. The molecular formula is C16H26ClN. The molecule has 1 nitrogen and oxygen atoms in total. The van der Waals surface area contributed by atoms with Crippen LogP contribution < -0.4 is 5.32 Å². The molecule has 0 spiro atoms. The molecule has 0 aliphatic heterocycles. The summed E-state index contributed by atoms with van der Waals surface area (Å²) < 4.78 is 0. The number of hydrogen-bond donors (Lipinski definition) is 1. The first-order valence-corrected chi connectivity index (χ1v) is 7.47. The summed E-state index contributed by atoms with van der Waals surface area (Å²) >= 11 is 5.95. The highest BCUT2D eigenvalue weighted by Gasteiger charge is 2.11. The highest BCUT2D eigenvalue weighted by molar-refractivity contribution is 6.30. The standard InChI is InChI=1S/C16H26ClN/c1-4-18-12-15(7-5-6-13(2)3)14-8-10-16(17)11-9-14/h8-11,13,15,18H,4-7,12H2,1-3H3. The average molecular weight is 268 g/mol. The predicted molar refractivity (Wildman–Crippen MR) is 81.4 cm³/mol. The molecule has 2 heteroatoms. The first-order valence-electron chi connectivity index (χ1n) is 7.09. The van der Waals surface area contributed by atoms with Crippen LogP contribution in [0.4, 0.5) is 0 Å². The Labute approximate surface area is 117 Å². The maximum absolute atomic E-state index is 5.95. The lowest BCUT2D eigenvalue weighted by molar-refractivity contribution is 0.483. The van der Waals surface area contributed by atoms with Gasteiger partial charge in [-0.1, -0.05) is 57.3 Å². The molecule has 18 heavy (non-hydrogen) atoms. The molecule has 1 N–H and O–H groups in total. The zero-order valence-electron chi connectivity index (χ0n) is 11.9. The molecule has 1 aromatic rings. The molecule has 0 fully saturated rings. The molecule has 0 aromatic heterocycles. The van der Waals surface area contributed by atoms with Crippen molar-refractivity contribution in [2.45, 2.75) is 46.0 Å². The van der Waals surface area contributed by atoms with Gasteiger partial charge in [-0.2, -0.15) is 0 Å². The van der Waals surface area contributed by atoms with Crippen LogP contribution in [0.2, 0.25) is 5.02 Å². The van der Waals surface area contributed by atoms with Crippen molar-refractivity contribution in [1.82, 2.24) is 5.32 Å². The Hall–Kier alpha value is -0.530. The molecule has 0 saturated heterocycles. The second kappa shape index (κ2) is 8.55. The molecule has 102 valence electrons. The van der Waals surface area contributed by atoms with Crippen LogP contribution in [-0.2, 0) is 0 Å². The maximum Gasteiger partial charge on any atom is 0.0406 e. The van der Waals surface area contributed by atoms with Gasteiger partial charge in [0, 0.05) is 11.6 Å². The summed E-state index contributed by atoms with van der Waals surface area (Å²) in [5.41, 5.74) is 1.41. The van der Waals surface area contributed by atoms with Gasteiger partial charge in [0.05, 0.1) is 0 Å². The summed E-state index contributed by atoms with van der Waals surface area (Å²) in [6, 6.07) is 8.33. The molecular weight excluding hydrogens is 242 g/mol. The molecule has 0 saturated carbocycles. The summed E-state index contributed by atoms with van der Waals surface area (Å²) in [5.74, 6) is 1.41. The Bertz CT molecular complexity index is 318. The van der Waals surface area contributed by atoms with Crippen molar-refractivity contribution in [3.05, 3.63) is 34.9 Å². The van der Waals surface area contributed by atoms with E-state index in [0.717, 1.165) is 24.0 Å². The minimum atomic E-state index is 0.612. The molecule has 0 aliphatic carbocycles. The van der Waals surface area contributed by atoms with Crippen molar-refractivity contribution in [2.24, 2.45) is 5.92 Å². The zero-order valence-corrected chi connectivity index (χ0v) is 12.6. The van der Waals surface area contributed by atoms with Gasteiger partial charge in [-0.15, -0.1) is 0 Å². The van der Waals surface area contributed by atoms with Crippen LogP contribution >= 0.6 is 11.6 Å². The lowest BCUT2D eigenvalue weighted by atomic mass is 9.92. The van der Waals surface area contributed by atoms with Gasteiger partial charge >= 0.3 is 0 Å². The van der Waals surface area contributed by atoms with E-state index in [9.17, 15) is 0 Å². The second-order valence-corrected chi connectivity index (χ2v) is 5.82. The average Bonchev–Trinajstić information content (AvgIpc) is 2.34. The van der Waals surface area contributed by atoms with Crippen LogP contribution in [0, 0.1) is 5.92 Å². The summed E-state index contributed by atoms with van der Waals surface area (Å²) in [6.07, 6.45) is 3.87. The van der Waals surface area contributed by atoms with Gasteiger partial charge in [0.1, 0.15) is 0 Å². The fourth-order valence-electron chi connectivity index (χ4n) is 2.21. The van der Waals surface area contributed by atoms with E-state index in [0.29, 0.717) is 5.92 Å². The maximum atomic E-state index is 5.95. The van der Waals surface area contributed by atoms with Crippen molar-refractivity contribution in [3.63, 3.8) is 0 Å². The topological polar surface area (TPSA) is 12.0 Å². The fraction of sp³-hybridized carbons (Fsp3) is 0.625. The van der Waals surface area contributed by atoms with Crippen LogP contribution in [0.3, 0.4) is 0 Å². The van der Waals surface area contributed by atoms with Crippen molar-refractivity contribution < 1.29 is 0 Å². The van der Waals surface area contributed by atoms with Gasteiger partial charge in [-0.05, 0) is 42.5 Å². The van der Waals surface area contributed by atoms with Gasteiger partial charge in [-0.3, -0.25) is 0 Å². The molecule has 1 aromatic carbocycles. The number of benzene rings is 1. The SMILES string of the molecule is CCNCC(CCCC(C)C)c1ccc(Cl)cc1. The van der Waals surface area contributed by atoms with Crippen molar-refractivity contribution >= 4 is 11.6 Å². The summed E-state index contributed by atoms with van der Waals surface area (Å²) in [5, 5.41) is 4.29. The Kier molecular flexibility index (Phi) is 7.38. The van der Waals surface area contributed by atoms with Gasteiger partial charge in [-0.25, -0.2) is 0 Å². The minimum Gasteiger partial charge on any atom is -0.316 e. The molecule has 0 amide bonds. The van der Waals surface area contributed by atoms with Gasteiger partial charge < -0.3 is 5.32 Å². The highest BCUT2D eigenvalue weighted by atomic mass is 35.5. The Morgan fingerprint density at radius 2 is 1.78 bits per heavy atom. The first-order chi connectivity index (χ1) is 8.63. The zero-order chi connectivity index (χ0) is 13.4. The largest absolute Gasteiger partial charge is 0.316 e. The van der Waals surface area contributed by atoms with E-state index in [1.807, 2.05) is 12.1 Å². The number of nitrogens with one attached hydrogen (secondary N) is 1. The van der Waals surface area contributed by atoms with E-state index >= 15 is 0 Å². The number of halogens is 1. The molecule has 0 heterocycles. The highest BCUT2D eigenvalue weighted by Crippen LogP contribution is 2.24. The number of hydrogen-bond acceptors (Lipinski definition) is 1. The molecule has 1 rings (SSSR count). The van der Waals surface area contributed by atoms with Crippen molar-refractivity contribution in [3.8, 4) is 0 Å². The van der Waals surface area contributed by atoms with Gasteiger partial charge in [0.2, 0.25) is 0 Å². The summed E-state index contributed by atoms with van der Waals surface area (Å²) in [7, 11) is 0. The van der Waals surface area contributed by atoms with Gasteiger partial charge in [0.25, 0.3) is 0 Å². The van der Waals surface area contributed by atoms with Crippen LogP contribution in [0.1, 0.15) is 51.5 Å². The van der Waals surface area contributed by atoms with E-state index in [4.69, 9.17) is 11.6 Å². The van der Waals surface area contributed by atoms with Crippen molar-refractivity contribution in [2.75, 3.05) is 13.1 Å². The number of likely N-dealkylation sites (N-methyl/N-ethyl adjacent to an activating group) is 1. The monoisotopic (exact) mass is 267 g/mol. The Morgan fingerprint density at radius 3 is 2.33 bits per heavy atom. The van der Waals surface area contributed by atoms with Crippen LogP contribution in [-0.4, -0.2) is 13.1 Å². The minimum absolute atomic E-state index is 0.612. The van der Waals surface area contributed by atoms with E-state index in [-0.39, 0.29) is 0 Å². The normalized spacial score (nSPS) is 12.9. The second-order valence-electron chi connectivity index (χ2n) is 5.38. The van der Waals surface area contributed by atoms with Crippen LogP contribution in [0.5, 0.6) is 0 Å². The molecule has 0 radical (unpaired) electrons. The predicted octanol–water partition coefficient (Wildman–Crippen LogP) is 4.86. The third-order valence-corrected chi connectivity index (χ3v) is 3.57. The van der Waals surface area contributed by atoms with E-state index in [1.54, 1.807) is 0 Å². The summed E-state index contributed by atoms with van der Waals surface area (Å²) in [6.45, 7) is 8.85. The van der Waals surface area contributed by atoms with Crippen LogP contribution in [0.25, 0.3) is 0 Å². The lowest BCUT2D eigenvalue weighted by Gasteiger charge is -2.18. The lowest BCUT2D eigenvalue weighted by Crippen LogP contribution is -2.21. The fourth-order valence-corrected chi connectivity index (χ4v) is 2.34. The van der Waals surface area contributed by atoms with Crippen LogP contribution in [0.15, 0.2) is 24.3 Å². The third kappa shape index (κ3) is 5.88. The first kappa shape index (κ1) is 15.5. The third-order valence-electron chi connectivity index (χ3n) is 3.32.